The fourth-order valence-corrected chi connectivity index (χ4v) is 1.57. The highest BCUT2D eigenvalue weighted by molar-refractivity contribution is 5.86. The molecule has 1 unspecified atom stereocenters. The summed E-state index contributed by atoms with van der Waals surface area (Å²) >= 11 is 0. The summed E-state index contributed by atoms with van der Waals surface area (Å²) < 4.78 is 4.96. The third kappa shape index (κ3) is 3.43. The van der Waals surface area contributed by atoms with Gasteiger partial charge >= 0.3 is 0 Å². The molecule has 0 aliphatic heterocycles. The quantitative estimate of drug-likeness (QED) is 0.798. The van der Waals surface area contributed by atoms with Crippen LogP contribution in [0.2, 0.25) is 0 Å². The number of hydrogen-bond donors (Lipinski definition) is 1. The van der Waals surface area contributed by atoms with Crippen LogP contribution in [0, 0.1) is 5.92 Å². The smallest absolute Gasteiger partial charge is 0.156 e. The lowest BCUT2D eigenvalue weighted by Crippen LogP contribution is -2.27. The highest BCUT2D eigenvalue weighted by Gasteiger charge is 2.21. The summed E-state index contributed by atoms with van der Waals surface area (Å²) in [6, 6.07) is 8.93. The Morgan fingerprint density at radius 3 is 2.56 bits per heavy atom. The van der Waals surface area contributed by atoms with Crippen LogP contribution in [0.4, 0.5) is 0 Å². The molecule has 0 aliphatic carbocycles. The maximum absolute atomic E-state index is 12.0. The van der Waals surface area contributed by atoms with E-state index in [-0.39, 0.29) is 11.7 Å². The SMILES string of the molecule is COCCC(C)C(=O)[C@H](N)c1ccccc1. The number of ether oxygens (including phenoxy) is 1. The molecule has 0 saturated carbocycles. The van der Waals surface area contributed by atoms with Crippen LogP contribution in [-0.4, -0.2) is 19.5 Å². The molecule has 0 aliphatic rings. The molecule has 2 atom stereocenters. The molecule has 0 bridgehead atoms. The molecule has 3 nitrogen and oxygen atoms in total. The lowest BCUT2D eigenvalue weighted by molar-refractivity contribution is -0.124. The van der Waals surface area contributed by atoms with E-state index in [2.05, 4.69) is 0 Å². The number of methoxy groups -OCH3 is 1. The molecule has 0 saturated heterocycles. The van der Waals surface area contributed by atoms with E-state index in [9.17, 15) is 4.79 Å². The molecule has 0 fully saturated rings. The Balaban J connectivity index is 2.60. The summed E-state index contributed by atoms with van der Waals surface area (Å²) in [7, 11) is 1.63. The van der Waals surface area contributed by atoms with Crippen molar-refractivity contribution >= 4 is 5.78 Å². The summed E-state index contributed by atoms with van der Waals surface area (Å²) in [5.41, 5.74) is 6.79. The van der Waals surface area contributed by atoms with E-state index in [4.69, 9.17) is 10.5 Å². The second kappa shape index (κ2) is 6.40. The molecule has 2 N–H and O–H groups in total. The third-order valence-corrected chi connectivity index (χ3v) is 2.71. The maximum Gasteiger partial charge on any atom is 0.156 e. The number of carbonyl (C=O) groups excluding carboxylic acids is 1. The average molecular weight is 221 g/mol. The lowest BCUT2D eigenvalue weighted by atomic mass is 9.93. The number of hydrogen-bond acceptors (Lipinski definition) is 3. The van der Waals surface area contributed by atoms with Crippen molar-refractivity contribution in [2.24, 2.45) is 11.7 Å². The van der Waals surface area contributed by atoms with Crippen LogP contribution in [0.3, 0.4) is 0 Å². The van der Waals surface area contributed by atoms with Gasteiger partial charge in [-0.15, -0.1) is 0 Å². The molecule has 1 rings (SSSR count). The number of carbonyl (C=O) groups is 1. The van der Waals surface area contributed by atoms with Crippen LogP contribution in [0.5, 0.6) is 0 Å². The molecule has 0 spiro atoms. The zero-order chi connectivity index (χ0) is 12.0. The van der Waals surface area contributed by atoms with Gasteiger partial charge in [-0.1, -0.05) is 37.3 Å². The number of ketones is 1. The maximum atomic E-state index is 12.0. The van der Waals surface area contributed by atoms with Crippen molar-refractivity contribution in [3.8, 4) is 0 Å². The van der Waals surface area contributed by atoms with Crippen molar-refractivity contribution in [2.75, 3.05) is 13.7 Å². The van der Waals surface area contributed by atoms with Gasteiger partial charge in [-0.3, -0.25) is 4.79 Å². The molecular weight excluding hydrogens is 202 g/mol. The van der Waals surface area contributed by atoms with Gasteiger partial charge < -0.3 is 10.5 Å². The van der Waals surface area contributed by atoms with Crippen molar-refractivity contribution < 1.29 is 9.53 Å². The van der Waals surface area contributed by atoms with E-state index in [1.807, 2.05) is 37.3 Å². The highest BCUT2D eigenvalue weighted by atomic mass is 16.5. The van der Waals surface area contributed by atoms with E-state index in [1.54, 1.807) is 7.11 Å². The standard InChI is InChI=1S/C13H19NO2/c1-10(8-9-16-2)13(15)12(14)11-6-4-3-5-7-11/h3-7,10,12H,8-9,14H2,1-2H3/t10?,12-/m1/s1. The fourth-order valence-electron chi connectivity index (χ4n) is 1.57. The summed E-state index contributed by atoms with van der Waals surface area (Å²) in [4.78, 5) is 12.0. The first kappa shape index (κ1) is 12.9. The Morgan fingerprint density at radius 1 is 1.38 bits per heavy atom. The van der Waals surface area contributed by atoms with E-state index < -0.39 is 6.04 Å². The van der Waals surface area contributed by atoms with Crippen LogP contribution in [-0.2, 0) is 9.53 Å². The van der Waals surface area contributed by atoms with Crippen LogP contribution >= 0.6 is 0 Å². The van der Waals surface area contributed by atoms with Crippen LogP contribution in [0.25, 0.3) is 0 Å². The summed E-state index contributed by atoms with van der Waals surface area (Å²) in [6.07, 6.45) is 0.718. The molecule has 16 heavy (non-hydrogen) atoms. The predicted octanol–water partition coefficient (Wildman–Crippen LogP) is 1.93. The van der Waals surface area contributed by atoms with Gasteiger partial charge in [0.1, 0.15) is 0 Å². The highest BCUT2D eigenvalue weighted by Crippen LogP contribution is 2.17. The minimum Gasteiger partial charge on any atom is -0.385 e. The van der Waals surface area contributed by atoms with E-state index in [0.717, 1.165) is 12.0 Å². The first-order valence-corrected chi connectivity index (χ1v) is 5.50. The molecule has 3 heteroatoms. The Hall–Kier alpha value is -1.19. The van der Waals surface area contributed by atoms with Gasteiger partial charge in [0.05, 0.1) is 6.04 Å². The first-order valence-electron chi connectivity index (χ1n) is 5.50. The molecule has 1 aromatic rings. The number of benzene rings is 1. The first-order chi connectivity index (χ1) is 7.66. The van der Waals surface area contributed by atoms with Crippen molar-refractivity contribution in [2.45, 2.75) is 19.4 Å². The van der Waals surface area contributed by atoms with Crippen LogP contribution in [0.15, 0.2) is 30.3 Å². The summed E-state index contributed by atoms with van der Waals surface area (Å²) in [6.45, 7) is 2.48. The monoisotopic (exact) mass is 221 g/mol. The van der Waals surface area contributed by atoms with Gasteiger partial charge in [-0.05, 0) is 12.0 Å². The third-order valence-electron chi connectivity index (χ3n) is 2.71. The number of nitrogens with two attached hydrogens (primary N) is 1. The molecule has 0 amide bonds. The van der Waals surface area contributed by atoms with Gasteiger partial charge in [0.2, 0.25) is 0 Å². The van der Waals surface area contributed by atoms with E-state index in [1.165, 1.54) is 0 Å². The molecule has 0 aromatic heterocycles. The van der Waals surface area contributed by atoms with Crippen LogP contribution < -0.4 is 5.73 Å². The Kier molecular flexibility index (Phi) is 5.15. The zero-order valence-corrected chi connectivity index (χ0v) is 9.85. The van der Waals surface area contributed by atoms with Gasteiger partial charge in [-0.2, -0.15) is 0 Å². The van der Waals surface area contributed by atoms with Crippen molar-refractivity contribution in [3.05, 3.63) is 35.9 Å². The van der Waals surface area contributed by atoms with Crippen molar-refractivity contribution in [3.63, 3.8) is 0 Å². The minimum atomic E-state index is -0.520. The zero-order valence-electron chi connectivity index (χ0n) is 9.85. The number of Topliss-reactive ketones (excluding diaryl/α,β-unsaturated/α-hetero) is 1. The van der Waals surface area contributed by atoms with Crippen LogP contribution in [0.1, 0.15) is 24.9 Å². The van der Waals surface area contributed by atoms with Crippen molar-refractivity contribution in [1.29, 1.82) is 0 Å². The molecule has 0 radical (unpaired) electrons. The Bertz CT molecular complexity index is 324. The number of rotatable bonds is 6. The van der Waals surface area contributed by atoms with Crippen molar-refractivity contribution in [1.82, 2.24) is 0 Å². The average Bonchev–Trinajstić information content (AvgIpc) is 2.35. The van der Waals surface area contributed by atoms with Gasteiger partial charge in [0.15, 0.2) is 5.78 Å². The molecule has 0 heterocycles. The minimum absolute atomic E-state index is 0.0600. The lowest BCUT2D eigenvalue weighted by Gasteiger charge is -2.16. The second-order valence-corrected chi connectivity index (χ2v) is 3.97. The molecule has 88 valence electrons. The fraction of sp³-hybridized carbons (Fsp3) is 0.462. The van der Waals surface area contributed by atoms with E-state index >= 15 is 0 Å². The molecular formula is C13H19NO2. The topological polar surface area (TPSA) is 52.3 Å². The normalized spacial score (nSPS) is 14.4. The van der Waals surface area contributed by atoms with Gasteiger partial charge in [0, 0.05) is 19.6 Å². The van der Waals surface area contributed by atoms with Gasteiger partial charge in [-0.25, -0.2) is 0 Å². The Labute approximate surface area is 96.6 Å². The largest absolute Gasteiger partial charge is 0.385 e. The van der Waals surface area contributed by atoms with Gasteiger partial charge in [0.25, 0.3) is 0 Å². The summed E-state index contributed by atoms with van der Waals surface area (Å²) in [5.74, 6) is 0.0124. The Morgan fingerprint density at radius 2 is 2.00 bits per heavy atom. The predicted molar refractivity (Wildman–Crippen MR) is 64.0 cm³/mol. The van der Waals surface area contributed by atoms with E-state index in [0.29, 0.717) is 6.61 Å². The second-order valence-electron chi connectivity index (χ2n) is 3.97. The summed E-state index contributed by atoms with van der Waals surface area (Å²) in [5, 5.41) is 0. The molecule has 1 aromatic carbocycles.